The Labute approximate surface area is 149 Å². The fourth-order valence-electron chi connectivity index (χ4n) is 2.06. The van der Waals surface area contributed by atoms with Crippen molar-refractivity contribution in [3.8, 4) is 5.75 Å². The molecule has 0 fully saturated rings. The summed E-state index contributed by atoms with van der Waals surface area (Å²) in [6, 6.07) is 10.2. The molecule has 0 aliphatic heterocycles. The maximum atomic E-state index is 12.1. The van der Waals surface area contributed by atoms with Gasteiger partial charge in [-0.25, -0.2) is 0 Å². The van der Waals surface area contributed by atoms with E-state index in [-0.39, 0.29) is 12.1 Å². The summed E-state index contributed by atoms with van der Waals surface area (Å²) in [7, 11) is 1.51. The average molecular weight is 367 g/mol. The Morgan fingerprint density at radius 2 is 1.67 bits per heavy atom. The van der Waals surface area contributed by atoms with Gasteiger partial charge in [0.15, 0.2) is 0 Å². The highest BCUT2D eigenvalue weighted by Gasteiger charge is 2.15. The lowest BCUT2D eigenvalue weighted by molar-refractivity contribution is -0.123. The molecule has 0 saturated carbocycles. The van der Waals surface area contributed by atoms with Crippen molar-refractivity contribution in [2.24, 2.45) is 0 Å². The highest BCUT2D eigenvalue weighted by molar-refractivity contribution is 6.39. The van der Waals surface area contributed by atoms with Crippen molar-refractivity contribution >= 4 is 46.4 Å². The second-order valence-corrected chi connectivity index (χ2v) is 5.89. The zero-order chi connectivity index (χ0) is 17.7. The number of benzene rings is 2. The minimum atomic E-state index is -0.519. The lowest BCUT2D eigenvalue weighted by Crippen LogP contribution is -2.22. The number of hydrogen-bond donors (Lipinski definition) is 2. The van der Waals surface area contributed by atoms with Gasteiger partial charge < -0.3 is 15.4 Å². The molecule has 0 aliphatic rings. The first kappa shape index (κ1) is 18.1. The van der Waals surface area contributed by atoms with Crippen molar-refractivity contribution in [2.75, 3.05) is 17.7 Å². The molecule has 2 rings (SSSR count). The lowest BCUT2D eigenvalue weighted by atomic mass is 10.2. The average Bonchev–Trinajstić information content (AvgIpc) is 2.51. The Hall–Kier alpha value is -2.24. The molecule has 0 atom stereocenters. The Morgan fingerprint density at radius 1 is 1.04 bits per heavy atom. The predicted octanol–water partition coefficient (Wildman–Crippen LogP) is 4.28. The van der Waals surface area contributed by atoms with Gasteiger partial charge in [-0.1, -0.05) is 35.3 Å². The van der Waals surface area contributed by atoms with Crippen LogP contribution in [0.2, 0.25) is 10.0 Å². The van der Waals surface area contributed by atoms with Gasteiger partial charge in [-0.3, -0.25) is 9.59 Å². The van der Waals surface area contributed by atoms with Crippen LogP contribution in [0, 0.1) is 6.92 Å². The number of nitrogens with one attached hydrogen (secondary N) is 2. The van der Waals surface area contributed by atoms with Gasteiger partial charge in [-0.15, -0.1) is 0 Å². The summed E-state index contributed by atoms with van der Waals surface area (Å²) in [6.45, 7) is 1.89. The molecule has 5 nitrogen and oxygen atoms in total. The van der Waals surface area contributed by atoms with E-state index >= 15 is 0 Å². The molecule has 2 N–H and O–H groups in total. The number of aryl methyl sites for hydroxylation is 1. The topological polar surface area (TPSA) is 67.4 Å². The number of halogens is 2. The molecule has 2 amide bonds. The highest BCUT2D eigenvalue weighted by atomic mass is 35.5. The van der Waals surface area contributed by atoms with Crippen LogP contribution in [0.3, 0.4) is 0 Å². The molecule has 0 bridgehead atoms. The van der Waals surface area contributed by atoms with E-state index in [0.29, 0.717) is 21.5 Å². The number of para-hydroxylation sites is 1. The van der Waals surface area contributed by atoms with Crippen molar-refractivity contribution in [1.29, 1.82) is 0 Å². The van der Waals surface area contributed by atoms with E-state index in [4.69, 9.17) is 27.9 Å². The molecule has 24 heavy (non-hydrogen) atoms. The molecule has 126 valence electrons. The van der Waals surface area contributed by atoms with E-state index in [0.717, 1.165) is 5.56 Å². The zero-order valence-corrected chi connectivity index (χ0v) is 14.7. The maximum Gasteiger partial charge on any atom is 0.233 e. The van der Waals surface area contributed by atoms with Crippen LogP contribution >= 0.6 is 23.2 Å². The Balaban J connectivity index is 2.02. The molecule has 0 unspecified atom stereocenters. The summed E-state index contributed by atoms with van der Waals surface area (Å²) in [5, 5.41) is 5.80. The third-order valence-corrected chi connectivity index (χ3v) is 3.81. The summed E-state index contributed by atoms with van der Waals surface area (Å²) in [5.41, 5.74) is 1.75. The monoisotopic (exact) mass is 366 g/mol. The molecule has 2 aromatic rings. The molecule has 0 radical (unpaired) electrons. The number of hydrogen-bond acceptors (Lipinski definition) is 3. The third kappa shape index (κ3) is 4.63. The third-order valence-electron chi connectivity index (χ3n) is 3.18. The first-order valence-corrected chi connectivity index (χ1v) is 7.84. The number of rotatable bonds is 5. The predicted molar refractivity (Wildman–Crippen MR) is 96.1 cm³/mol. The molecular weight excluding hydrogens is 351 g/mol. The smallest absolute Gasteiger partial charge is 0.233 e. The van der Waals surface area contributed by atoms with Crippen molar-refractivity contribution < 1.29 is 14.3 Å². The van der Waals surface area contributed by atoms with Crippen LogP contribution in [0.25, 0.3) is 0 Å². The number of anilines is 2. The largest absolute Gasteiger partial charge is 0.495 e. The van der Waals surface area contributed by atoms with E-state index in [1.807, 2.05) is 13.0 Å². The SMILES string of the molecule is COc1ccc(C)cc1NC(=O)CC(=O)Nc1c(Cl)cccc1Cl. The maximum absolute atomic E-state index is 12.1. The highest BCUT2D eigenvalue weighted by Crippen LogP contribution is 2.30. The van der Waals surface area contributed by atoms with E-state index in [9.17, 15) is 9.59 Å². The standard InChI is InChI=1S/C17H16Cl2N2O3/c1-10-6-7-14(24-2)13(8-10)20-15(22)9-16(23)21-17-11(18)4-3-5-12(17)19/h3-8H,9H2,1-2H3,(H,20,22)(H,21,23). The van der Waals surface area contributed by atoms with Gasteiger partial charge in [0, 0.05) is 0 Å². The molecule has 0 aliphatic carbocycles. The molecule has 0 aromatic heterocycles. The molecule has 2 aromatic carbocycles. The van der Waals surface area contributed by atoms with Gasteiger partial charge in [-0.2, -0.15) is 0 Å². The molecular formula is C17H16Cl2N2O3. The Kier molecular flexibility index (Phi) is 6.06. The van der Waals surface area contributed by atoms with Crippen LogP contribution in [-0.2, 0) is 9.59 Å². The molecule has 7 heteroatoms. The first-order chi connectivity index (χ1) is 11.4. The first-order valence-electron chi connectivity index (χ1n) is 7.09. The van der Waals surface area contributed by atoms with Gasteiger partial charge in [0.25, 0.3) is 0 Å². The lowest BCUT2D eigenvalue weighted by Gasteiger charge is -2.12. The van der Waals surface area contributed by atoms with Crippen molar-refractivity contribution in [3.63, 3.8) is 0 Å². The molecule has 0 heterocycles. The second kappa shape index (κ2) is 8.04. The van der Waals surface area contributed by atoms with Crippen molar-refractivity contribution in [3.05, 3.63) is 52.0 Å². The Bertz CT molecular complexity index is 758. The number of amides is 2. The van der Waals surface area contributed by atoms with Crippen LogP contribution in [0.4, 0.5) is 11.4 Å². The van der Waals surface area contributed by atoms with Gasteiger partial charge >= 0.3 is 0 Å². The number of methoxy groups -OCH3 is 1. The van der Waals surface area contributed by atoms with Crippen molar-refractivity contribution in [1.82, 2.24) is 0 Å². The second-order valence-electron chi connectivity index (χ2n) is 5.07. The van der Waals surface area contributed by atoms with Gasteiger partial charge in [0.1, 0.15) is 12.2 Å². The summed E-state index contributed by atoms with van der Waals surface area (Å²) >= 11 is 12.0. The normalized spacial score (nSPS) is 10.2. The van der Waals surface area contributed by atoms with Crippen LogP contribution < -0.4 is 15.4 Å². The summed E-state index contributed by atoms with van der Waals surface area (Å²) < 4.78 is 5.18. The zero-order valence-electron chi connectivity index (χ0n) is 13.2. The summed E-state index contributed by atoms with van der Waals surface area (Å²) in [6.07, 6.45) is -0.376. The number of ether oxygens (including phenoxy) is 1. The van der Waals surface area contributed by atoms with E-state index in [2.05, 4.69) is 10.6 Å². The van der Waals surface area contributed by atoms with Gasteiger partial charge in [-0.05, 0) is 36.8 Å². The summed E-state index contributed by atoms with van der Waals surface area (Å²) in [4.78, 5) is 24.1. The Morgan fingerprint density at radius 3 is 2.29 bits per heavy atom. The fourth-order valence-corrected chi connectivity index (χ4v) is 2.55. The van der Waals surface area contributed by atoms with Gasteiger partial charge in [0.2, 0.25) is 11.8 Å². The number of carbonyl (C=O) groups is 2. The number of carbonyl (C=O) groups excluding carboxylic acids is 2. The van der Waals surface area contributed by atoms with E-state index in [1.54, 1.807) is 30.3 Å². The molecule has 0 spiro atoms. The van der Waals surface area contributed by atoms with Crippen LogP contribution in [0.15, 0.2) is 36.4 Å². The molecule has 0 saturated heterocycles. The fraction of sp³-hybridized carbons (Fsp3) is 0.176. The minimum Gasteiger partial charge on any atom is -0.495 e. The van der Waals surface area contributed by atoms with Crippen LogP contribution in [-0.4, -0.2) is 18.9 Å². The summed E-state index contributed by atoms with van der Waals surface area (Å²) in [5.74, 6) is -0.475. The van der Waals surface area contributed by atoms with E-state index in [1.165, 1.54) is 7.11 Å². The van der Waals surface area contributed by atoms with E-state index < -0.39 is 11.8 Å². The van der Waals surface area contributed by atoms with Crippen LogP contribution in [0.1, 0.15) is 12.0 Å². The van der Waals surface area contributed by atoms with Gasteiger partial charge in [0.05, 0.1) is 28.5 Å². The van der Waals surface area contributed by atoms with Crippen molar-refractivity contribution in [2.45, 2.75) is 13.3 Å². The quantitative estimate of drug-likeness (QED) is 0.776. The minimum absolute atomic E-state index is 0.284. The van der Waals surface area contributed by atoms with Crippen LogP contribution in [0.5, 0.6) is 5.75 Å².